The van der Waals surface area contributed by atoms with Crippen LogP contribution in [0.1, 0.15) is 18.9 Å². The second kappa shape index (κ2) is 11.5. The van der Waals surface area contributed by atoms with E-state index >= 15 is 0 Å². The third-order valence-corrected chi connectivity index (χ3v) is 4.27. The smallest absolute Gasteiger partial charge is 0.265 e. The molecule has 7 heteroatoms. The number of hydrogen-bond acceptors (Lipinski definition) is 3. The number of aliphatic imine (C=N–C) groups is 1. The molecule has 0 saturated heterocycles. The Bertz CT molecular complexity index is 783. The van der Waals surface area contributed by atoms with E-state index in [2.05, 4.69) is 27.8 Å². The van der Waals surface area contributed by atoms with Crippen LogP contribution in [0.5, 0.6) is 5.75 Å². The van der Waals surface area contributed by atoms with Crippen LogP contribution in [0, 0.1) is 0 Å². The highest BCUT2D eigenvalue weighted by Crippen LogP contribution is 2.31. The number of benzene rings is 2. The van der Waals surface area contributed by atoms with E-state index < -0.39 is 0 Å². The largest absolute Gasteiger partial charge is 0.482 e. The Kier molecular flexibility index (Phi) is 9.06. The van der Waals surface area contributed by atoms with Gasteiger partial charge in [0, 0.05) is 19.6 Å². The monoisotopic (exact) mass is 494 g/mol. The van der Waals surface area contributed by atoms with E-state index in [4.69, 9.17) is 4.74 Å². The minimum Gasteiger partial charge on any atom is -0.482 e. The van der Waals surface area contributed by atoms with Gasteiger partial charge in [-0.2, -0.15) is 0 Å². The molecule has 1 aliphatic rings. The molecule has 1 amide bonds. The summed E-state index contributed by atoms with van der Waals surface area (Å²) in [6.07, 6.45) is 0.815. The first-order valence-electron chi connectivity index (χ1n) is 9.36. The van der Waals surface area contributed by atoms with Crippen LogP contribution >= 0.6 is 24.0 Å². The number of guanidine groups is 1. The second-order valence-corrected chi connectivity index (χ2v) is 6.26. The standard InChI is InChI=1S/C21H26N4O2.HI/c1-2-22-21(24-15-17-9-4-3-5-10-17)23-13-8-14-25-18-11-6-7-12-19(18)27-16-20(25)26;/h3-7,9-12H,2,8,13-16H2,1H3,(H2,22,23,24);1H. The van der Waals surface area contributed by atoms with E-state index in [9.17, 15) is 4.79 Å². The number of nitrogens with one attached hydrogen (secondary N) is 2. The molecule has 1 heterocycles. The molecule has 150 valence electrons. The van der Waals surface area contributed by atoms with Crippen LogP contribution in [0.2, 0.25) is 0 Å². The van der Waals surface area contributed by atoms with Crippen molar-refractivity contribution < 1.29 is 9.53 Å². The van der Waals surface area contributed by atoms with Crippen molar-refractivity contribution in [2.75, 3.05) is 31.1 Å². The molecule has 28 heavy (non-hydrogen) atoms. The maximum Gasteiger partial charge on any atom is 0.265 e. The number of carbonyl (C=O) groups excluding carboxylic acids is 1. The molecule has 0 bridgehead atoms. The molecular weight excluding hydrogens is 467 g/mol. The van der Waals surface area contributed by atoms with Crippen LogP contribution in [-0.2, 0) is 11.3 Å². The van der Waals surface area contributed by atoms with Crippen molar-refractivity contribution in [1.82, 2.24) is 10.6 Å². The second-order valence-electron chi connectivity index (χ2n) is 6.26. The first-order valence-corrected chi connectivity index (χ1v) is 9.36. The fraction of sp³-hybridized carbons (Fsp3) is 0.333. The lowest BCUT2D eigenvalue weighted by molar-refractivity contribution is -0.121. The Balaban J connectivity index is 0.00000280. The number of ether oxygens (including phenoxy) is 1. The van der Waals surface area contributed by atoms with Crippen molar-refractivity contribution in [3.63, 3.8) is 0 Å². The van der Waals surface area contributed by atoms with Gasteiger partial charge in [0.25, 0.3) is 5.91 Å². The average molecular weight is 494 g/mol. The van der Waals surface area contributed by atoms with Crippen molar-refractivity contribution in [1.29, 1.82) is 0 Å². The summed E-state index contributed by atoms with van der Waals surface area (Å²) < 4.78 is 5.48. The van der Waals surface area contributed by atoms with Crippen LogP contribution in [0.4, 0.5) is 5.69 Å². The summed E-state index contributed by atoms with van der Waals surface area (Å²) in [7, 11) is 0. The number of hydrogen-bond donors (Lipinski definition) is 2. The van der Waals surface area contributed by atoms with Gasteiger partial charge in [0.2, 0.25) is 0 Å². The number of nitrogens with zero attached hydrogens (tertiary/aromatic N) is 2. The average Bonchev–Trinajstić information content (AvgIpc) is 2.71. The zero-order chi connectivity index (χ0) is 18.9. The quantitative estimate of drug-likeness (QED) is 0.269. The minimum atomic E-state index is -0.00153. The highest BCUT2D eigenvalue weighted by atomic mass is 127. The van der Waals surface area contributed by atoms with Crippen LogP contribution in [0.3, 0.4) is 0 Å². The van der Waals surface area contributed by atoms with Gasteiger partial charge in [-0.25, -0.2) is 4.99 Å². The van der Waals surface area contributed by atoms with Gasteiger partial charge in [-0.05, 0) is 31.0 Å². The summed E-state index contributed by atoms with van der Waals surface area (Å²) in [6.45, 7) is 4.95. The zero-order valence-electron chi connectivity index (χ0n) is 16.1. The van der Waals surface area contributed by atoms with E-state index in [1.807, 2.05) is 49.4 Å². The van der Waals surface area contributed by atoms with Crippen molar-refractivity contribution in [2.24, 2.45) is 4.99 Å². The molecule has 0 saturated carbocycles. The number of carbonyl (C=O) groups is 1. The van der Waals surface area contributed by atoms with Crippen molar-refractivity contribution in [3.8, 4) is 5.75 Å². The first-order chi connectivity index (χ1) is 13.3. The first kappa shape index (κ1) is 22.0. The van der Waals surface area contributed by atoms with Crippen molar-refractivity contribution in [2.45, 2.75) is 19.9 Å². The van der Waals surface area contributed by atoms with Crippen molar-refractivity contribution in [3.05, 3.63) is 60.2 Å². The Morgan fingerprint density at radius 3 is 2.64 bits per heavy atom. The molecule has 0 aromatic heterocycles. The maximum absolute atomic E-state index is 12.2. The normalized spacial score (nSPS) is 13.2. The van der Waals surface area contributed by atoms with Gasteiger partial charge in [-0.3, -0.25) is 4.79 Å². The number of rotatable bonds is 7. The van der Waals surface area contributed by atoms with Gasteiger partial charge >= 0.3 is 0 Å². The van der Waals surface area contributed by atoms with Crippen LogP contribution in [0.25, 0.3) is 0 Å². The topological polar surface area (TPSA) is 66.0 Å². The Morgan fingerprint density at radius 1 is 1.11 bits per heavy atom. The van der Waals surface area contributed by atoms with Gasteiger partial charge in [0.15, 0.2) is 12.6 Å². The highest BCUT2D eigenvalue weighted by molar-refractivity contribution is 14.0. The molecule has 2 aromatic carbocycles. The van der Waals surface area contributed by atoms with Gasteiger partial charge in [0.1, 0.15) is 5.75 Å². The molecular formula is C21H27IN4O2. The summed E-state index contributed by atoms with van der Waals surface area (Å²) in [5.41, 5.74) is 2.02. The van der Waals surface area contributed by atoms with Gasteiger partial charge in [-0.15, -0.1) is 24.0 Å². The molecule has 6 nitrogen and oxygen atoms in total. The molecule has 0 unspecified atom stereocenters. The molecule has 2 N–H and O–H groups in total. The predicted octanol–water partition coefficient (Wildman–Crippen LogP) is 3.18. The summed E-state index contributed by atoms with van der Waals surface area (Å²) in [5, 5.41) is 6.59. The van der Waals surface area contributed by atoms with E-state index in [1.54, 1.807) is 4.90 Å². The molecule has 3 rings (SSSR count). The predicted molar refractivity (Wildman–Crippen MR) is 124 cm³/mol. The maximum atomic E-state index is 12.2. The fourth-order valence-electron chi connectivity index (χ4n) is 2.94. The third-order valence-electron chi connectivity index (χ3n) is 4.27. The SMILES string of the molecule is CCNC(=NCc1ccccc1)NCCCN1C(=O)COc2ccccc21.I. The summed E-state index contributed by atoms with van der Waals surface area (Å²) in [4.78, 5) is 18.6. The Morgan fingerprint density at radius 2 is 1.86 bits per heavy atom. The Hall–Kier alpha value is -2.29. The number of amides is 1. The number of anilines is 1. The number of halogens is 1. The van der Waals surface area contributed by atoms with Gasteiger partial charge < -0.3 is 20.3 Å². The molecule has 0 fully saturated rings. The van der Waals surface area contributed by atoms with E-state index in [1.165, 1.54) is 5.56 Å². The lowest BCUT2D eigenvalue weighted by atomic mass is 10.2. The zero-order valence-corrected chi connectivity index (χ0v) is 18.4. The molecule has 0 spiro atoms. The summed E-state index contributed by atoms with van der Waals surface area (Å²) >= 11 is 0. The molecule has 0 atom stereocenters. The summed E-state index contributed by atoms with van der Waals surface area (Å²) in [5.74, 6) is 1.55. The Labute approximate surface area is 183 Å². The number of fused-ring (bicyclic) bond motifs is 1. The van der Waals surface area contributed by atoms with Crippen molar-refractivity contribution >= 4 is 41.5 Å². The van der Waals surface area contributed by atoms with E-state index in [0.717, 1.165) is 36.9 Å². The lowest BCUT2D eigenvalue weighted by Gasteiger charge is -2.29. The van der Waals surface area contributed by atoms with Crippen LogP contribution < -0.4 is 20.3 Å². The van der Waals surface area contributed by atoms with E-state index in [0.29, 0.717) is 13.1 Å². The lowest BCUT2D eigenvalue weighted by Crippen LogP contribution is -2.42. The molecule has 1 aliphatic heterocycles. The number of para-hydroxylation sites is 2. The van der Waals surface area contributed by atoms with Gasteiger partial charge in [-0.1, -0.05) is 42.5 Å². The fourth-order valence-corrected chi connectivity index (χ4v) is 2.94. The molecule has 2 aromatic rings. The molecule has 0 aliphatic carbocycles. The van der Waals surface area contributed by atoms with Gasteiger partial charge in [0.05, 0.1) is 12.2 Å². The van der Waals surface area contributed by atoms with Crippen LogP contribution in [0.15, 0.2) is 59.6 Å². The summed E-state index contributed by atoms with van der Waals surface area (Å²) in [6, 6.07) is 17.8. The minimum absolute atomic E-state index is 0. The van der Waals surface area contributed by atoms with E-state index in [-0.39, 0.29) is 36.5 Å². The van der Waals surface area contributed by atoms with Crippen LogP contribution in [-0.4, -0.2) is 38.1 Å². The third kappa shape index (κ3) is 6.12. The molecule has 0 radical (unpaired) electrons. The highest BCUT2D eigenvalue weighted by Gasteiger charge is 2.24.